The fourth-order valence-electron chi connectivity index (χ4n) is 2.55. The summed E-state index contributed by atoms with van der Waals surface area (Å²) in [6, 6.07) is 5.12. The topological polar surface area (TPSA) is 120 Å². The summed E-state index contributed by atoms with van der Waals surface area (Å²) in [5, 5.41) is 4.92. The van der Waals surface area contributed by atoms with Crippen molar-refractivity contribution in [3.05, 3.63) is 23.8 Å². The first kappa shape index (κ1) is 19.6. The van der Waals surface area contributed by atoms with Gasteiger partial charge < -0.3 is 20.5 Å². The number of nitrogen functional groups attached to an aromatic ring is 1. The number of hydrogen-bond acceptors (Lipinski definition) is 6. The predicted octanol–water partition coefficient (Wildman–Crippen LogP) is 1.69. The number of carbonyl (C=O) groups is 3. The summed E-state index contributed by atoms with van der Waals surface area (Å²) in [5.41, 5.74) is 6.57. The van der Waals surface area contributed by atoms with Gasteiger partial charge in [-0.1, -0.05) is 6.07 Å². The summed E-state index contributed by atoms with van der Waals surface area (Å²) >= 11 is 0. The summed E-state index contributed by atoms with van der Waals surface area (Å²) in [6.45, 7) is 5.85. The summed E-state index contributed by atoms with van der Waals surface area (Å²) in [5.74, 6) is -0.488. The second-order valence-electron chi connectivity index (χ2n) is 7.08. The van der Waals surface area contributed by atoms with Gasteiger partial charge in [0, 0.05) is 6.42 Å². The highest BCUT2D eigenvalue weighted by molar-refractivity contribution is 6.01. The zero-order valence-electron chi connectivity index (χ0n) is 15.3. The molecule has 1 heterocycles. The van der Waals surface area contributed by atoms with E-state index in [0.29, 0.717) is 24.3 Å². The third kappa shape index (κ3) is 5.65. The highest BCUT2D eigenvalue weighted by atomic mass is 16.6. The van der Waals surface area contributed by atoms with Crippen molar-refractivity contribution in [2.75, 3.05) is 18.9 Å². The monoisotopic (exact) mass is 363 g/mol. The summed E-state index contributed by atoms with van der Waals surface area (Å²) in [4.78, 5) is 34.7. The molecule has 0 aliphatic carbocycles. The number of alkyl carbamates (subject to hydrolysis) is 1. The molecule has 1 aliphatic heterocycles. The number of piperidine rings is 1. The molecule has 0 aromatic heterocycles. The van der Waals surface area contributed by atoms with Gasteiger partial charge in [0.15, 0.2) is 0 Å². The first-order chi connectivity index (χ1) is 12.2. The van der Waals surface area contributed by atoms with Gasteiger partial charge in [0.05, 0.1) is 18.2 Å². The van der Waals surface area contributed by atoms with E-state index in [9.17, 15) is 14.4 Å². The Bertz CT molecular complexity index is 697. The summed E-state index contributed by atoms with van der Waals surface area (Å²) < 4.78 is 10.7. The molecule has 1 atom stereocenters. The molecule has 1 aromatic rings. The van der Waals surface area contributed by atoms with Crippen molar-refractivity contribution in [2.45, 2.75) is 45.1 Å². The number of hydrogen-bond donors (Lipinski definition) is 3. The molecule has 0 radical (unpaired) electrons. The van der Waals surface area contributed by atoms with E-state index < -0.39 is 17.6 Å². The van der Waals surface area contributed by atoms with Gasteiger partial charge >= 0.3 is 6.09 Å². The SMILES string of the molecule is CC(C)(C)OC(=O)NCCOc1ccc(C2CCC(=O)NC2=O)cc1N. The first-order valence-electron chi connectivity index (χ1n) is 8.48. The van der Waals surface area contributed by atoms with Gasteiger partial charge in [-0.3, -0.25) is 14.9 Å². The van der Waals surface area contributed by atoms with Crippen LogP contribution in [0.4, 0.5) is 10.5 Å². The molecule has 3 amide bonds. The smallest absolute Gasteiger partial charge is 0.407 e. The largest absolute Gasteiger partial charge is 0.490 e. The Morgan fingerprint density at radius 1 is 1.35 bits per heavy atom. The lowest BCUT2D eigenvalue weighted by molar-refractivity contribution is -0.134. The van der Waals surface area contributed by atoms with Crippen LogP contribution in [0, 0.1) is 0 Å². The van der Waals surface area contributed by atoms with Gasteiger partial charge in [-0.25, -0.2) is 4.79 Å². The lowest BCUT2D eigenvalue weighted by atomic mass is 9.90. The number of ether oxygens (including phenoxy) is 2. The van der Waals surface area contributed by atoms with Gasteiger partial charge in [-0.2, -0.15) is 0 Å². The molecule has 0 saturated carbocycles. The Balaban J connectivity index is 1.85. The van der Waals surface area contributed by atoms with Crippen LogP contribution in [0.25, 0.3) is 0 Å². The molecule has 1 aliphatic rings. The third-order valence-electron chi connectivity index (χ3n) is 3.70. The second kappa shape index (κ2) is 8.07. The van der Waals surface area contributed by atoms with E-state index in [1.54, 1.807) is 39.0 Å². The second-order valence-corrected chi connectivity index (χ2v) is 7.08. The maximum Gasteiger partial charge on any atom is 0.407 e. The number of amides is 3. The summed E-state index contributed by atoms with van der Waals surface area (Å²) in [6.07, 6.45) is 0.261. The molecule has 1 saturated heterocycles. The van der Waals surface area contributed by atoms with Crippen LogP contribution >= 0.6 is 0 Å². The van der Waals surface area contributed by atoms with Gasteiger partial charge in [0.1, 0.15) is 18.0 Å². The molecule has 8 heteroatoms. The van der Waals surface area contributed by atoms with E-state index in [1.165, 1.54) is 0 Å². The number of nitrogens with one attached hydrogen (secondary N) is 2. The van der Waals surface area contributed by atoms with Gasteiger partial charge in [-0.05, 0) is 44.9 Å². The minimum absolute atomic E-state index is 0.223. The number of carbonyl (C=O) groups excluding carboxylic acids is 3. The lowest BCUT2D eigenvalue weighted by Gasteiger charge is -2.22. The first-order valence-corrected chi connectivity index (χ1v) is 8.48. The molecule has 26 heavy (non-hydrogen) atoms. The van der Waals surface area contributed by atoms with E-state index in [1.807, 2.05) is 0 Å². The Labute approximate surface area is 152 Å². The third-order valence-corrected chi connectivity index (χ3v) is 3.70. The maximum atomic E-state index is 11.9. The maximum absolute atomic E-state index is 11.9. The van der Waals surface area contributed by atoms with Crippen molar-refractivity contribution in [3.8, 4) is 5.75 Å². The minimum atomic E-state index is -0.554. The zero-order valence-corrected chi connectivity index (χ0v) is 15.3. The van der Waals surface area contributed by atoms with Crippen LogP contribution in [-0.2, 0) is 14.3 Å². The quantitative estimate of drug-likeness (QED) is 0.416. The van der Waals surface area contributed by atoms with Gasteiger partial charge in [0.2, 0.25) is 11.8 Å². The van der Waals surface area contributed by atoms with Crippen molar-refractivity contribution < 1.29 is 23.9 Å². The van der Waals surface area contributed by atoms with Crippen LogP contribution in [0.2, 0.25) is 0 Å². The summed E-state index contributed by atoms with van der Waals surface area (Å²) in [7, 11) is 0. The van der Waals surface area contributed by atoms with Crippen molar-refractivity contribution in [1.29, 1.82) is 0 Å². The van der Waals surface area contributed by atoms with E-state index in [2.05, 4.69) is 10.6 Å². The lowest BCUT2D eigenvalue weighted by Crippen LogP contribution is -2.39. The Kier molecular flexibility index (Phi) is 6.07. The molecule has 4 N–H and O–H groups in total. The molecule has 0 bridgehead atoms. The number of imide groups is 1. The number of benzene rings is 1. The van der Waals surface area contributed by atoms with E-state index in [-0.39, 0.29) is 25.0 Å². The molecule has 1 aromatic carbocycles. The van der Waals surface area contributed by atoms with Crippen LogP contribution in [-0.4, -0.2) is 36.7 Å². The Hall–Kier alpha value is -2.77. The molecule has 2 rings (SSSR count). The van der Waals surface area contributed by atoms with Crippen LogP contribution in [0.5, 0.6) is 5.75 Å². The van der Waals surface area contributed by atoms with E-state index >= 15 is 0 Å². The van der Waals surface area contributed by atoms with Gasteiger partial charge in [0.25, 0.3) is 0 Å². The van der Waals surface area contributed by atoms with Crippen molar-refractivity contribution in [3.63, 3.8) is 0 Å². The van der Waals surface area contributed by atoms with Crippen molar-refractivity contribution >= 4 is 23.6 Å². The fourth-order valence-corrected chi connectivity index (χ4v) is 2.55. The molecule has 142 valence electrons. The number of nitrogens with two attached hydrogens (primary N) is 1. The molecule has 1 fully saturated rings. The molecule has 1 unspecified atom stereocenters. The van der Waals surface area contributed by atoms with Crippen LogP contribution in [0.1, 0.15) is 45.1 Å². The minimum Gasteiger partial charge on any atom is -0.490 e. The average molecular weight is 363 g/mol. The predicted molar refractivity (Wildman–Crippen MR) is 95.7 cm³/mol. The van der Waals surface area contributed by atoms with Crippen LogP contribution < -0.4 is 21.1 Å². The van der Waals surface area contributed by atoms with Gasteiger partial charge in [-0.15, -0.1) is 0 Å². The average Bonchev–Trinajstić information content (AvgIpc) is 2.51. The van der Waals surface area contributed by atoms with Crippen molar-refractivity contribution in [1.82, 2.24) is 10.6 Å². The highest BCUT2D eigenvalue weighted by Crippen LogP contribution is 2.30. The number of rotatable bonds is 5. The molecular weight excluding hydrogens is 338 g/mol. The zero-order chi connectivity index (χ0) is 19.3. The molecule has 8 nitrogen and oxygen atoms in total. The van der Waals surface area contributed by atoms with Crippen LogP contribution in [0.3, 0.4) is 0 Å². The van der Waals surface area contributed by atoms with Crippen LogP contribution in [0.15, 0.2) is 18.2 Å². The fraction of sp³-hybridized carbons (Fsp3) is 0.500. The van der Waals surface area contributed by atoms with E-state index in [0.717, 1.165) is 5.56 Å². The van der Waals surface area contributed by atoms with E-state index in [4.69, 9.17) is 15.2 Å². The number of anilines is 1. The Morgan fingerprint density at radius 2 is 2.08 bits per heavy atom. The van der Waals surface area contributed by atoms with Crippen molar-refractivity contribution in [2.24, 2.45) is 0 Å². The molecular formula is C18H25N3O5. The normalized spacial score (nSPS) is 17.4. The highest BCUT2D eigenvalue weighted by Gasteiger charge is 2.28. The molecule has 0 spiro atoms. The Morgan fingerprint density at radius 3 is 2.69 bits per heavy atom. The standard InChI is InChI=1S/C18H25N3O5/c1-18(2,3)26-17(24)20-8-9-25-14-6-4-11(10-13(14)19)12-5-7-15(22)21-16(12)23/h4,6,10,12H,5,7-9,19H2,1-3H3,(H,20,24)(H,21,22,23).